The molecule has 3 rings (SSSR count). The van der Waals surface area contributed by atoms with Gasteiger partial charge in [-0.3, -0.25) is 0 Å². The molecule has 0 spiro atoms. The van der Waals surface area contributed by atoms with Gasteiger partial charge in [0.1, 0.15) is 6.10 Å². The van der Waals surface area contributed by atoms with Gasteiger partial charge in [0.2, 0.25) is 0 Å². The molecule has 3 aliphatic rings. The number of carbonyl (C=O) groups is 1. The lowest BCUT2D eigenvalue weighted by Crippen LogP contribution is -2.37. The predicted molar refractivity (Wildman–Crippen MR) is 97.1 cm³/mol. The average molecular weight is 381 g/mol. The van der Waals surface area contributed by atoms with Crippen molar-refractivity contribution in [2.45, 2.75) is 65.4 Å². The van der Waals surface area contributed by atoms with Gasteiger partial charge in [-0.2, -0.15) is 0 Å². The van der Waals surface area contributed by atoms with E-state index in [0.717, 1.165) is 18.3 Å². The topological polar surface area (TPSA) is 26.3 Å². The Bertz CT molecular complexity index is 538. The van der Waals surface area contributed by atoms with Gasteiger partial charge >= 0.3 is 5.97 Å². The number of carbonyl (C=O) groups excluding carboxylic acids is 1. The van der Waals surface area contributed by atoms with Crippen molar-refractivity contribution in [2.75, 3.05) is 0 Å². The number of fused-ring (bicyclic) bond motifs is 1. The Balaban J connectivity index is 1.72. The molecule has 0 unspecified atom stereocenters. The van der Waals surface area contributed by atoms with Gasteiger partial charge in [0.25, 0.3) is 0 Å². The van der Waals surface area contributed by atoms with Crippen LogP contribution in [0.1, 0.15) is 59.3 Å². The molecule has 1 aliphatic heterocycles. The van der Waals surface area contributed by atoms with Gasteiger partial charge in [-0.1, -0.05) is 48.9 Å². The van der Waals surface area contributed by atoms with Crippen molar-refractivity contribution in [1.29, 1.82) is 0 Å². The number of hydrogen-bond donors (Lipinski definition) is 0. The highest BCUT2D eigenvalue weighted by Gasteiger charge is 2.51. The van der Waals surface area contributed by atoms with Crippen LogP contribution in [0.2, 0.25) is 0 Å². The summed E-state index contributed by atoms with van der Waals surface area (Å²) in [5.74, 6) is 2.04. The zero-order valence-corrected chi connectivity index (χ0v) is 16.2. The van der Waals surface area contributed by atoms with E-state index in [-0.39, 0.29) is 18.0 Å². The number of hydrogen-bond acceptors (Lipinski definition) is 2. The van der Waals surface area contributed by atoms with Crippen molar-refractivity contribution in [3.05, 3.63) is 22.7 Å². The number of esters is 1. The molecule has 2 aliphatic carbocycles. The molecule has 0 bridgehead atoms. The lowest BCUT2D eigenvalue weighted by Gasteiger charge is -2.44. The van der Waals surface area contributed by atoms with E-state index < -0.39 is 0 Å². The van der Waals surface area contributed by atoms with Gasteiger partial charge < -0.3 is 4.74 Å². The number of rotatable bonds is 3. The van der Waals surface area contributed by atoms with E-state index in [2.05, 4.69) is 48.3 Å². The first kappa shape index (κ1) is 17.3. The van der Waals surface area contributed by atoms with Crippen LogP contribution in [0.4, 0.5) is 0 Å². The predicted octanol–water partition coefficient (Wildman–Crippen LogP) is 5.63. The van der Waals surface area contributed by atoms with E-state index in [1.54, 1.807) is 5.57 Å². The Morgan fingerprint density at radius 2 is 2.22 bits per heavy atom. The van der Waals surface area contributed by atoms with Crippen molar-refractivity contribution >= 4 is 21.9 Å². The molecule has 0 aromatic rings. The van der Waals surface area contributed by atoms with Gasteiger partial charge in [-0.25, -0.2) is 4.79 Å². The largest absolute Gasteiger partial charge is 0.458 e. The maximum absolute atomic E-state index is 11.7. The lowest BCUT2D eigenvalue weighted by molar-refractivity contribution is -0.140. The minimum absolute atomic E-state index is 0.0300. The maximum Gasteiger partial charge on any atom is 0.334 e. The minimum atomic E-state index is -0.188. The summed E-state index contributed by atoms with van der Waals surface area (Å²) >= 11 is 3.59. The molecule has 1 heterocycles. The van der Waals surface area contributed by atoms with E-state index in [4.69, 9.17) is 4.74 Å². The standard InChI is InChI=1S/C20H29BrO2/c1-12(10-18-13(2)14(3)19(22)23-18)16-7-8-17-15(11-21)6-5-9-20(16,17)4/h11-13,16-18H,3,5-10H2,1-2,4H3/t12-,13-,16-,17+,18+,20-/m1/s1. The van der Waals surface area contributed by atoms with Gasteiger partial charge in [0.05, 0.1) is 0 Å². The van der Waals surface area contributed by atoms with Crippen LogP contribution in [0, 0.1) is 29.1 Å². The van der Waals surface area contributed by atoms with Crippen molar-refractivity contribution in [2.24, 2.45) is 29.1 Å². The molecule has 0 amide bonds. The lowest BCUT2D eigenvalue weighted by atomic mass is 9.61. The fourth-order valence-corrected chi connectivity index (χ4v) is 6.20. The first-order chi connectivity index (χ1) is 10.9. The zero-order valence-electron chi connectivity index (χ0n) is 14.6. The monoisotopic (exact) mass is 380 g/mol. The number of allylic oxidation sites excluding steroid dienone is 1. The molecule has 0 aromatic heterocycles. The molecule has 3 heteroatoms. The second-order valence-electron chi connectivity index (χ2n) is 8.25. The van der Waals surface area contributed by atoms with Crippen LogP contribution in [-0.2, 0) is 9.53 Å². The Morgan fingerprint density at radius 3 is 2.83 bits per heavy atom. The van der Waals surface area contributed by atoms with E-state index in [9.17, 15) is 4.79 Å². The highest BCUT2D eigenvalue weighted by atomic mass is 79.9. The third kappa shape index (κ3) is 2.83. The van der Waals surface area contributed by atoms with Crippen LogP contribution in [0.25, 0.3) is 0 Å². The summed E-state index contributed by atoms with van der Waals surface area (Å²) < 4.78 is 5.57. The molecule has 0 aromatic carbocycles. The summed E-state index contributed by atoms with van der Waals surface area (Å²) in [6.45, 7) is 10.8. The summed E-state index contributed by atoms with van der Waals surface area (Å²) in [6.07, 6.45) is 7.53. The average Bonchev–Trinajstić information content (AvgIpc) is 2.99. The summed E-state index contributed by atoms with van der Waals surface area (Å²) in [5.41, 5.74) is 2.68. The van der Waals surface area contributed by atoms with Crippen LogP contribution in [-0.4, -0.2) is 12.1 Å². The number of ether oxygens (including phenoxy) is 1. The Morgan fingerprint density at radius 1 is 1.48 bits per heavy atom. The molecule has 128 valence electrons. The normalized spacial score (nSPS) is 43.6. The quantitative estimate of drug-likeness (QED) is 0.468. The molecule has 3 fully saturated rings. The van der Waals surface area contributed by atoms with Crippen molar-refractivity contribution in [3.63, 3.8) is 0 Å². The Labute approximate surface area is 148 Å². The third-order valence-electron chi connectivity index (χ3n) is 7.10. The highest BCUT2D eigenvalue weighted by molar-refractivity contribution is 9.11. The second kappa shape index (κ2) is 6.38. The van der Waals surface area contributed by atoms with Crippen molar-refractivity contribution in [3.8, 4) is 0 Å². The zero-order chi connectivity index (χ0) is 16.8. The summed E-state index contributed by atoms with van der Waals surface area (Å²) in [6, 6.07) is 0. The SMILES string of the molecule is C=C1C(=O)O[C@@H](C[C@@H](C)[C@H]2CC[C@H]3C(=CBr)CCC[C@]23C)[C@@H]1C. The minimum Gasteiger partial charge on any atom is -0.458 e. The molecule has 2 nitrogen and oxygen atoms in total. The summed E-state index contributed by atoms with van der Waals surface area (Å²) in [5, 5.41) is 0. The molecular weight excluding hydrogens is 352 g/mol. The molecular formula is C20H29BrO2. The Hall–Kier alpha value is -0.570. The fourth-order valence-electron chi connectivity index (χ4n) is 5.65. The first-order valence-electron chi connectivity index (χ1n) is 9.07. The summed E-state index contributed by atoms with van der Waals surface area (Å²) in [4.78, 5) is 13.9. The highest BCUT2D eigenvalue weighted by Crippen LogP contribution is 2.60. The van der Waals surface area contributed by atoms with E-state index in [0.29, 0.717) is 16.9 Å². The third-order valence-corrected chi connectivity index (χ3v) is 7.69. The van der Waals surface area contributed by atoms with Crippen molar-refractivity contribution in [1.82, 2.24) is 0 Å². The van der Waals surface area contributed by atoms with Gasteiger partial charge in [0, 0.05) is 11.5 Å². The maximum atomic E-state index is 11.7. The van der Waals surface area contributed by atoms with E-state index >= 15 is 0 Å². The summed E-state index contributed by atoms with van der Waals surface area (Å²) in [7, 11) is 0. The van der Waals surface area contributed by atoms with Crippen LogP contribution in [0.15, 0.2) is 22.7 Å². The van der Waals surface area contributed by atoms with Crippen LogP contribution < -0.4 is 0 Å². The Kier molecular flexibility index (Phi) is 4.79. The van der Waals surface area contributed by atoms with E-state index in [1.165, 1.54) is 32.1 Å². The van der Waals surface area contributed by atoms with Gasteiger partial charge in [0.15, 0.2) is 0 Å². The fraction of sp³-hybridized carbons (Fsp3) is 0.750. The first-order valence-corrected chi connectivity index (χ1v) is 9.99. The molecule has 6 atom stereocenters. The smallest absolute Gasteiger partial charge is 0.334 e. The van der Waals surface area contributed by atoms with Crippen molar-refractivity contribution < 1.29 is 9.53 Å². The van der Waals surface area contributed by atoms with Crippen LogP contribution in [0.3, 0.4) is 0 Å². The number of halogens is 1. The van der Waals surface area contributed by atoms with Crippen LogP contribution in [0.5, 0.6) is 0 Å². The second-order valence-corrected chi connectivity index (χ2v) is 8.71. The van der Waals surface area contributed by atoms with Gasteiger partial charge in [-0.15, -0.1) is 0 Å². The molecule has 0 radical (unpaired) electrons. The van der Waals surface area contributed by atoms with Gasteiger partial charge in [-0.05, 0) is 66.7 Å². The van der Waals surface area contributed by atoms with E-state index in [1.807, 2.05) is 0 Å². The molecule has 23 heavy (non-hydrogen) atoms. The van der Waals surface area contributed by atoms with Crippen LogP contribution >= 0.6 is 15.9 Å². The molecule has 2 saturated carbocycles. The molecule has 1 saturated heterocycles. The number of cyclic esters (lactones) is 1. The molecule has 0 N–H and O–H groups in total.